The molecule has 1 saturated heterocycles. The molecule has 2 heteroatoms. The van der Waals surface area contributed by atoms with E-state index < -0.39 is 0 Å². The first kappa shape index (κ1) is 13.4. The van der Waals surface area contributed by atoms with Gasteiger partial charge in [-0.3, -0.25) is 0 Å². The molecule has 1 heterocycles. The minimum absolute atomic E-state index is 0.736. The Morgan fingerprint density at radius 3 is 2.71 bits per heavy atom. The van der Waals surface area contributed by atoms with Gasteiger partial charge in [-0.05, 0) is 50.0 Å². The summed E-state index contributed by atoms with van der Waals surface area (Å²) < 4.78 is 0. The van der Waals surface area contributed by atoms with E-state index in [9.17, 15) is 0 Å². The van der Waals surface area contributed by atoms with E-state index in [1.807, 2.05) is 0 Å². The van der Waals surface area contributed by atoms with E-state index in [0.29, 0.717) is 0 Å². The van der Waals surface area contributed by atoms with Crippen LogP contribution >= 0.6 is 0 Å². The Bertz CT molecular complexity index is 221. The standard InChI is InChI=1S/C15H30N2/c1-11(2)14-7-6-12(3)9-15(14)17-10-13-5-4-8-16-13/h11-17H,4-10H2,1-3H3. The molecule has 1 aliphatic heterocycles. The first-order valence-electron chi connectivity index (χ1n) is 7.63. The minimum Gasteiger partial charge on any atom is -0.313 e. The van der Waals surface area contributed by atoms with Gasteiger partial charge in [0.25, 0.3) is 0 Å². The van der Waals surface area contributed by atoms with Gasteiger partial charge in [-0.15, -0.1) is 0 Å². The van der Waals surface area contributed by atoms with E-state index in [1.54, 1.807) is 0 Å². The summed E-state index contributed by atoms with van der Waals surface area (Å²) in [4.78, 5) is 0. The summed E-state index contributed by atoms with van der Waals surface area (Å²) in [6.45, 7) is 9.60. The third-order valence-corrected chi connectivity index (χ3v) is 4.81. The molecule has 2 rings (SSSR count). The van der Waals surface area contributed by atoms with Crippen LogP contribution in [0.5, 0.6) is 0 Å². The van der Waals surface area contributed by atoms with Crippen LogP contribution in [0.25, 0.3) is 0 Å². The molecule has 1 saturated carbocycles. The minimum atomic E-state index is 0.736. The highest BCUT2D eigenvalue weighted by atomic mass is 15.0. The maximum absolute atomic E-state index is 3.86. The molecular formula is C15H30N2. The third kappa shape index (κ3) is 3.69. The molecule has 2 aliphatic rings. The van der Waals surface area contributed by atoms with Gasteiger partial charge in [-0.1, -0.05) is 27.2 Å². The highest BCUT2D eigenvalue weighted by Crippen LogP contribution is 2.33. The van der Waals surface area contributed by atoms with Crippen molar-refractivity contribution < 1.29 is 0 Å². The molecule has 0 aromatic carbocycles. The lowest BCUT2D eigenvalue weighted by atomic mass is 9.74. The lowest BCUT2D eigenvalue weighted by molar-refractivity contribution is 0.168. The van der Waals surface area contributed by atoms with Crippen molar-refractivity contribution in [2.24, 2.45) is 17.8 Å². The van der Waals surface area contributed by atoms with Crippen molar-refractivity contribution in [1.29, 1.82) is 0 Å². The zero-order valence-corrected chi connectivity index (χ0v) is 11.8. The van der Waals surface area contributed by atoms with Crippen LogP contribution in [-0.4, -0.2) is 25.2 Å². The van der Waals surface area contributed by atoms with Crippen LogP contribution in [0, 0.1) is 17.8 Å². The van der Waals surface area contributed by atoms with Crippen LogP contribution in [0.2, 0.25) is 0 Å². The Hall–Kier alpha value is -0.0800. The molecular weight excluding hydrogens is 208 g/mol. The molecule has 0 bridgehead atoms. The summed E-state index contributed by atoms with van der Waals surface area (Å²) >= 11 is 0. The van der Waals surface area contributed by atoms with Crippen molar-refractivity contribution in [3.8, 4) is 0 Å². The van der Waals surface area contributed by atoms with Crippen LogP contribution in [0.1, 0.15) is 52.9 Å². The molecule has 4 atom stereocenters. The molecule has 0 spiro atoms. The second-order valence-corrected chi connectivity index (χ2v) is 6.63. The number of nitrogens with one attached hydrogen (secondary N) is 2. The average Bonchev–Trinajstić information content (AvgIpc) is 2.78. The quantitative estimate of drug-likeness (QED) is 0.787. The lowest BCUT2D eigenvalue weighted by Crippen LogP contribution is -2.47. The summed E-state index contributed by atoms with van der Waals surface area (Å²) in [7, 11) is 0. The Kier molecular flexibility index (Phi) is 4.87. The van der Waals surface area contributed by atoms with Crippen molar-refractivity contribution >= 4 is 0 Å². The van der Waals surface area contributed by atoms with Gasteiger partial charge in [0.05, 0.1) is 0 Å². The summed E-state index contributed by atoms with van der Waals surface area (Å²) in [6, 6.07) is 1.50. The highest BCUT2D eigenvalue weighted by molar-refractivity contribution is 4.87. The van der Waals surface area contributed by atoms with Crippen LogP contribution < -0.4 is 10.6 Å². The SMILES string of the molecule is CC1CCC(C(C)C)C(NCC2CCCN2)C1. The van der Waals surface area contributed by atoms with E-state index >= 15 is 0 Å². The molecule has 100 valence electrons. The highest BCUT2D eigenvalue weighted by Gasteiger charge is 2.30. The van der Waals surface area contributed by atoms with Crippen molar-refractivity contribution in [2.45, 2.75) is 65.0 Å². The maximum atomic E-state index is 3.86. The van der Waals surface area contributed by atoms with Gasteiger partial charge in [0, 0.05) is 18.6 Å². The van der Waals surface area contributed by atoms with Gasteiger partial charge in [-0.2, -0.15) is 0 Å². The molecule has 2 nitrogen and oxygen atoms in total. The van der Waals surface area contributed by atoms with Gasteiger partial charge < -0.3 is 10.6 Å². The zero-order valence-electron chi connectivity index (χ0n) is 11.8. The summed E-state index contributed by atoms with van der Waals surface area (Å²) in [5, 5.41) is 7.45. The summed E-state index contributed by atoms with van der Waals surface area (Å²) in [5.41, 5.74) is 0. The van der Waals surface area contributed by atoms with Crippen LogP contribution in [-0.2, 0) is 0 Å². The molecule has 0 aromatic rings. The third-order valence-electron chi connectivity index (χ3n) is 4.81. The van der Waals surface area contributed by atoms with Crippen molar-refractivity contribution in [3.05, 3.63) is 0 Å². The first-order chi connectivity index (χ1) is 8.16. The summed E-state index contributed by atoms with van der Waals surface area (Å²) in [6.07, 6.45) is 6.97. The molecule has 2 N–H and O–H groups in total. The Morgan fingerprint density at radius 2 is 2.06 bits per heavy atom. The predicted octanol–water partition coefficient (Wildman–Crippen LogP) is 2.79. The zero-order chi connectivity index (χ0) is 12.3. The van der Waals surface area contributed by atoms with E-state index in [0.717, 1.165) is 29.8 Å². The molecule has 4 unspecified atom stereocenters. The first-order valence-corrected chi connectivity index (χ1v) is 7.63. The smallest absolute Gasteiger partial charge is 0.0193 e. The van der Waals surface area contributed by atoms with E-state index in [4.69, 9.17) is 0 Å². The normalized spacial score (nSPS) is 38.8. The molecule has 0 radical (unpaired) electrons. The lowest BCUT2D eigenvalue weighted by Gasteiger charge is -2.38. The van der Waals surface area contributed by atoms with Gasteiger partial charge in [-0.25, -0.2) is 0 Å². The fourth-order valence-electron chi connectivity index (χ4n) is 3.66. The summed E-state index contributed by atoms with van der Waals surface area (Å²) in [5.74, 6) is 2.64. The van der Waals surface area contributed by atoms with Crippen LogP contribution in [0.15, 0.2) is 0 Å². The predicted molar refractivity (Wildman–Crippen MR) is 74.2 cm³/mol. The van der Waals surface area contributed by atoms with Crippen LogP contribution in [0.4, 0.5) is 0 Å². The Labute approximate surface area is 107 Å². The number of hydrogen-bond donors (Lipinski definition) is 2. The van der Waals surface area contributed by atoms with E-state index in [2.05, 4.69) is 31.4 Å². The Morgan fingerprint density at radius 1 is 1.24 bits per heavy atom. The van der Waals surface area contributed by atoms with E-state index in [-0.39, 0.29) is 0 Å². The van der Waals surface area contributed by atoms with Gasteiger partial charge >= 0.3 is 0 Å². The largest absolute Gasteiger partial charge is 0.313 e. The number of rotatable bonds is 4. The fourth-order valence-corrected chi connectivity index (χ4v) is 3.66. The molecule has 0 amide bonds. The second-order valence-electron chi connectivity index (χ2n) is 6.63. The monoisotopic (exact) mass is 238 g/mol. The van der Waals surface area contributed by atoms with Gasteiger partial charge in [0.2, 0.25) is 0 Å². The second kappa shape index (κ2) is 6.19. The van der Waals surface area contributed by atoms with Crippen molar-refractivity contribution in [1.82, 2.24) is 10.6 Å². The van der Waals surface area contributed by atoms with E-state index in [1.165, 1.54) is 45.2 Å². The Balaban J connectivity index is 1.81. The molecule has 0 aromatic heterocycles. The van der Waals surface area contributed by atoms with Crippen molar-refractivity contribution in [2.75, 3.05) is 13.1 Å². The molecule has 17 heavy (non-hydrogen) atoms. The fraction of sp³-hybridized carbons (Fsp3) is 1.00. The maximum Gasteiger partial charge on any atom is 0.0193 e. The number of hydrogen-bond acceptors (Lipinski definition) is 2. The van der Waals surface area contributed by atoms with Crippen LogP contribution in [0.3, 0.4) is 0 Å². The van der Waals surface area contributed by atoms with Crippen molar-refractivity contribution in [3.63, 3.8) is 0 Å². The molecule has 1 aliphatic carbocycles. The van der Waals surface area contributed by atoms with Gasteiger partial charge in [0.1, 0.15) is 0 Å². The van der Waals surface area contributed by atoms with Gasteiger partial charge in [0.15, 0.2) is 0 Å². The average molecular weight is 238 g/mol. The molecule has 2 fully saturated rings. The topological polar surface area (TPSA) is 24.1 Å².